The molecule has 6 heteroatoms. The summed E-state index contributed by atoms with van der Waals surface area (Å²) in [6.45, 7) is 0.531. The van der Waals surface area contributed by atoms with E-state index in [-0.39, 0.29) is 0 Å². The van der Waals surface area contributed by atoms with Gasteiger partial charge in [0.15, 0.2) is 5.82 Å². The first-order valence-electron chi connectivity index (χ1n) is 6.42. The highest BCUT2D eigenvalue weighted by molar-refractivity contribution is 5.51. The Morgan fingerprint density at radius 2 is 2.05 bits per heavy atom. The van der Waals surface area contributed by atoms with Gasteiger partial charge in [0.25, 0.3) is 0 Å². The summed E-state index contributed by atoms with van der Waals surface area (Å²) in [7, 11) is 0. The molecule has 0 spiro atoms. The van der Waals surface area contributed by atoms with Crippen LogP contribution in [-0.4, -0.2) is 20.0 Å². The predicted octanol–water partition coefficient (Wildman–Crippen LogP) is 2.15. The van der Waals surface area contributed by atoms with E-state index >= 15 is 0 Å². The van der Waals surface area contributed by atoms with Crippen LogP contribution in [0.5, 0.6) is 0 Å². The Hall–Kier alpha value is -3.20. The Labute approximate surface area is 121 Å². The summed E-state index contributed by atoms with van der Waals surface area (Å²) < 4.78 is 1.80. The molecule has 0 unspecified atom stereocenters. The lowest BCUT2D eigenvalue weighted by atomic mass is 10.1. The third-order valence-corrected chi connectivity index (χ3v) is 3.03. The summed E-state index contributed by atoms with van der Waals surface area (Å²) in [5.74, 6) is 0.482. The number of hydrogen-bond acceptors (Lipinski definition) is 5. The molecule has 3 rings (SSSR count). The number of aromatic nitrogens is 4. The summed E-state index contributed by atoms with van der Waals surface area (Å²) in [4.78, 5) is 0. The second-order valence-corrected chi connectivity index (χ2v) is 4.34. The maximum absolute atomic E-state index is 9.05. The van der Waals surface area contributed by atoms with Crippen LogP contribution in [0.2, 0.25) is 0 Å². The number of nitrogens with one attached hydrogen (secondary N) is 1. The molecule has 21 heavy (non-hydrogen) atoms. The van der Waals surface area contributed by atoms with Crippen molar-refractivity contribution < 1.29 is 0 Å². The third kappa shape index (κ3) is 2.72. The summed E-state index contributed by atoms with van der Waals surface area (Å²) >= 11 is 0. The molecular weight excluding hydrogens is 264 g/mol. The maximum Gasteiger partial charge on any atom is 0.166 e. The molecule has 0 aliphatic heterocycles. The van der Waals surface area contributed by atoms with Crippen molar-refractivity contribution in [2.24, 2.45) is 0 Å². The van der Waals surface area contributed by atoms with Crippen LogP contribution in [0, 0.1) is 11.3 Å². The molecule has 1 aromatic carbocycles. The maximum atomic E-state index is 9.05. The number of nitrogens with zero attached hydrogens (tertiary/aromatic N) is 5. The van der Waals surface area contributed by atoms with Crippen LogP contribution < -0.4 is 5.32 Å². The van der Waals surface area contributed by atoms with E-state index in [1.54, 1.807) is 16.9 Å². The summed E-state index contributed by atoms with van der Waals surface area (Å²) in [6.07, 6.45) is 5.13. The molecule has 0 aliphatic carbocycles. The minimum atomic E-state index is 0.474. The van der Waals surface area contributed by atoms with Crippen molar-refractivity contribution >= 4 is 5.82 Å². The van der Waals surface area contributed by atoms with Crippen LogP contribution in [0.1, 0.15) is 11.1 Å². The molecule has 0 bridgehead atoms. The lowest BCUT2D eigenvalue weighted by Crippen LogP contribution is -2.08. The Balaban J connectivity index is 1.85. The van der Waals surface area contributed by atoms with Gasteiger partial charge in [-0.15, -0.1) is 5.10 Å². The van der Waals surface area contributed by atoms with E-state index in [4.69, 9.17) is 5.26 Å². The first-order valence-corrected chi connectivity index (χ1v) is 6.42. The number of anilines is 1. The van der Waals surface area contributed by atoms with Crippen LogP contribution in [0.25, 0.3) is 5.69 Å². The van der Waals surface area contributed by atoms with Crippen LogP contribution >= 0.6 is 0 Å². The van der Waals surface area contributed by atoms with Crippen molar-refractivity contribution in [3.63, 3.8) is 0 Å². The van der Waals surface area contributed by atoms with Crippen molar-refractivity contribution in [3.05, 3.63) is 66.1 Å². The topological polar surface area (TPSA) is 79.4 Å². The Kier molecular flexibility index (Phi) is 3.56. The number of benzene rings is 1. The Morgan fingerprint density at radius 1 is 1.14 bits per heavy atom. The lowest BCUT2D eigenvalue weighted by molar-refractivity contribution is 0.862. The molecule has 1 N–H and O–H groups in total. The fraction of sp³-hybridized carbons (Fsp3) is 0.0667. The minimum absolute atomic E-state index is 0.474. The van der Waals surface area contributed by atoms with E-state index < -0.39 is 0 Å². The first-order chi connectivity index (χ1) is 10.4. The van der Waals surface area contributed by atoms with Gasteiger partial charge in [-0.2, -0.15) is 15.5 Å². The number of para-hydroxylation sites is 1. The fourth-order valence-electron chi connectivity index (χ4n) is 2.03. The van der Waals surface area contributed by atoms with E-state index in [0.717, 1.165) is 11.3 Å². The van der Waals surface area contributed by atoms with Crippen molar-refractivity contribution in [3.8, 4) is 11.8 Å². The Bertz CT molecular complexity index is 773. The van der Waals surface area contributed by atoms with Gasteiger partial charge >= 0.3 is 0 Å². The molecule has 0 aliphatic rings. The summed E-state index contributed by atoms with van der Waals surface area (Å²) in [5.41, 5.74) is 2.51. The SMILES string of the molecule is N#Cc1ccnnc1NCc1ccccc1-n1cccn1. The van der Waals surface area contributed by atoms with Crippen LogP contribution in [-0.2, 0) is 6.54 Å². The Morgan fingerprint density at radius 3 is 2.86 bits per heavy atom. The van der Waals surface area contributed by atoms with E-state index in [1.165, 1.54) is 6.20 Å². The van der Waals surface area contributed by atoms with Crippen LogP contribution in [0.4, 0.5) is 5.82 Å². The van der Waals surface area contributed by atoms with Crippen molar-refractivity contribution in [1.82, 2.24) is 20.0 Å². The van der Waals surface area contributed by atoms with Gasteiger partial charge in [0, 0.05) is 18.9 Å². The highest BCUT2D eigenvalue weighted by Crippen LogP contribution is 2.16. The zero-order valence-corrected chi connectivity index (χ0v) is 11.1. The largest absolute Gasteiger partial charge is 0.363 e. The quantitative estimate of drug-likeness (QED) is 0.789. The molecule has 6 nitrogen and oxygen atoms in total. The standard InChI is InChI=1S/C15H12N6/c16-10-12-6-8-18-20-15(12)17-11-13-4-1-2-5-14(13)21-9-3-7-19-21/h1-9H,11H2,(H,17,20). The highest BCUT2D eigenvalue weighted by Gasteiger charge is 2.07. The lowest BCUT2D eigenvalue weighted by Gasteiger charge is -2.11. The van der Waals surface area contributed by atoms with Crippen molar-refractivity contribution in [2.45, 2.75) is 6.54 Å². The molecule has 0 fully saturated rings. The molecule has 102 valence electrons. The number of nitriles is 1. The van der Waals surface area contributed by atoms with Gasteiger partial charge < -0.3 is 5.32 Å². The van der Waals surface area contributed by atoms with Crippen LogP contribution in [0.3, 0.4) is 0 Å². The molecule has 2 heterocycles. The normalized spacial score (nSPS) is 10.0. The zero-order valence-electron chi connectivity index (χ0n) is 11.1. The molecule has 0 amide bonds. The molecule has 0 saturated heterocycles. The van der Waals surface area contributed by atoms with Gasteiger partial charge in [0.2, 0.25) is 0 Å². The third-order valence-electron chi connectivity index (χ3n) is 3.03. The van der Waals surface area contributed by atoms with Gasteiger partial charge in [0.05, 0.1) is 17.4 Å². The molecule has 3 aromatic rings. The van der Waals surface area contributed by atoms with Crippen molar-refractivity contribution in [1.29, 1.82) is 5.26 Å². The smallest absolute Gasteiger partial charge is 0.166 e. The molecular formula is C15H12N6. The predicted molar refractivity (Wildman–Crippen MR) is 77.6 cm³/mol. The minimum Gasteiger partial charge on any atom is -0.363 e. The van der Waals surface area contributed by atoms with Gasteiger partial charge in [-0.1, -0.05) is 18.2 Å². The second kappa shape index (κ2) is 5.84. The molecule has 0 saturated carbocycles. The zero-order chi connectivity index (χ0) is 14.5. The second-order valence-electron chi connectivity index (χ2n) is 4.34. The molecule has 0 radical (unpaired) electrons. The van der Waals surface area contributed by atoms with E-state index in [2.05, 4.69) is 26.7 Å². The molecule has 2 aromatic heterocycles. The van der Waals surface area contributed by atoms with Gasteiger partial charge in [-0.05, 0) is 23.8 Å². The average molecular weight is 276 g/mol. The number of rotatable bonds is 4. The molecule has 0 atom stereocenters. The van der Waals surface area contributed by atoms with Crippen molar-refractivity contribution in [2.75, 3.05) is 5.32 Å². The number of hydrogen-bond donors (Lipinski definition) is 1. The van der Waals surface area contributed by atoms with Gasteiger partial charge in [0.1, 0.15) is 6.07 Å². The van der Waals surface area contributed by atoms with E-state index in [0.29, 0.717) is 17.9 Å². The first kappa shape index (κ1) is 12.8. The van der Waals surface area contributed by atoms with E-state index in [9.17, 15) is 0 Å². The van der Waals surface area contributed by atoms with Gasteiger partial charge in [-0.25, -0.2) is 4.68 Å². The summed E-state index contributed by atoms with van der Waals surface area (Å²) in [6, 6.07) is 13.5. The highest BCUT2D eigenvalue weighted by atomic mass is 15.3. The van der Waals surface area contributed by atoms with E-state index in [1.807, 2.05) is 36.5 Å². The van der Waals surface area contributed by atoms with Crippen LogP contribution in [0.15, 0.2) is 55.0 Å². The van der Waals surface area contributed by atoms with Gasteiger partial charge in [-0.3, -0.25) is 0 Å². The average Bonchev–Trinajstić information content (AvgIpc) is 3.08. The monoisotopic (exact) mass is 276 g/mol. The summed E-state index contributed by atoms with van der Waals surface area (Å²) in [5, 5.41) is 24.2. The fourth-order valence-corrected chi connectivity index (χ4v) is 2.03.